The highest BCUT2D eigenvalue weighted by molar-refractivity contribution is 8.15. The summed E-state index contributed by atoms with van der Waals surface area (Å²) in [7, 11) is 0. The van der Waals surface area contributed by atoms with Crippen molar-refractivity contribution in [1.82, 2.24) is 0 Å². The lowest BCUT2D eigenvalue weighted by molar-refractivity contribution is 0.563. The minimum absolute atomic E-state index is 0. The molecule has 68 valence electrons. The van der Waals surface area contributed by atoms with Crippen molar-refractivity contribution in [3.8, 4) is 0 Å². The van der Waals surface area contributed by atoms with Gasteiger partial charge in [0.05, 0.1) is 11.8 Å². The average molecular weight is 206 g/mol. The Hall–Kier alpha value is -0.540. The van der Waals surface area contributed by atoms with Gasteiger partial charge in [-0.1, -0.05) is 7.43 Å². The average Bonchev–Trinajstić information content (AvgIpc) is 2.03. The van der Waals surface area contributed by atoms with Crippen molar-refractivity contribution in [2.75, 3.05) is 16.8 Å². The van der Waals surface area contributed by atoms with Crippen molar-refractivity contribution >= 4 is 35.7 Å². The van der Waals surface area contributed by atoms with Crippen molar-refractivity contribution in [3.63, 3.8) is 0 Å². The second-order valence-corrected chi connectivity index (χ2v) is 3.56. The van der Waals surface area contributed by atoms with Crippen LogP contribution in [-0.2, 0) is 9.59 Å². The minimum Gasteiger partial charge on any atom is -0.211 e. The molecule has 12 heavy (non-hydrogen) atoms. The molecule has 0 rings (SSSR count). The predicted molar refractivity (Wildman–Crippen MR) is 52.8 cm³/mol. The summed E-state index contributed by atoms with van der Waals surface area (Å²) in [5.41, 5.74) is 0. The third-order valence-corrected chi connectivity index (χ3v) is 2.56. The van der Waals surface area contributed by atoms with E-state index in [0.29, 0.717) is 11.8 Å². The Morgan fingerprint density at radius 2 is 1.42 bits per heavy atom. The van der Waals surface area contributed by atoms with Crippen molar-refractivity contribution < 1.29 is 9.59 Å². The summed E-state index contributed by atoms with van der Waals surface area (Å²) in [6.45, 7) is 0. The van der Waals surface area contributed by atoms with E-state index < -0.39 is 0 Å². The number of thioether (sulfide) groups is 2. The molecule has 4 nitrogen and oxygen atoms in total. The van der Waals surface area contributed by atoms with Crippen LogP contribution in [-0.4, -0.2) is 29.0 Å². The van der Waals surface area contributed by atoms with Crippen molar-refractivity contribution in [2.24, 2.45) is 9.98 Å². The van der Waals surface area contributed by atoms with E-state index in [1.807, 2.05) is 0 Å². The molecule has 0 aromatic rings. The van der Waals surface area contributed by atoms with Crippen LogP contribution in [0, 0.1) is 0 Å². The maximum absolute atomic E-state index is 9.56. The molecule has 0 unspecified atom stereocenters. The Kier molecular flexibility index (Phi) is 15.3. The minimum atomic E-state index is 0. The standard InChI is InChI=1S/C5H6N2O2S2.CH4/c8-1-6-3-10-5-11-4-7-2-9;/h3-5H2;1H4. The van der Waals surface area contributed by atoms with E-state index in [2.05, 4.69) is 9.98 Å². The zero-order valence-electron chi connectivity index (χ0n) is 5.65. The summed E-state index contributed by atoms with van der Waals surface area (Å²) in [4.78, 5) is 25.8. The topological polar surface area (TPSA) is 58.9 Å². The zero-order valence-corrected chi connectivity index (χ0v) is 7.28. The monoisotopic (exact) mass is 206 g/mol. The summed E-state index contributed by atoms with van der Waals surface area (Å²) >= 11 is 2.94. The van der Waals surface area contributed by atoms with E-state index >= 15 is 0 Å². The van der Waals surface area contributed by atoms with Crippen LogP contribution in [0.4, 0.5) is 0 Å². The number of aliphatic imine (C=N–C) groups is 2. The van der Waals surface area contributed by atoms with E-state index in [1.165, 1.54) is 35.7 Å². The molecule has 0 aliphatic carbocycles. The first-order valence-corrected chi connectivity index (χ1v) is 4.95. The van der Waals surface area contributed by atoms with Crippen LogP contribution in [0.2, 0.25) is 0 Å². The normalized spacial score (nSPS) is 7.33. The maximum atomic E-state index is 9.56. The van der Waals surface area contributed by atoms with Crippen LogP contribution in [0.3, 0.4) is 0 Å². The number of nitrogens with zero attached hydrogens (tertiary/aromatic N) is 2. The first-order valence-electron chi connectivity index (χ1n) is 2.64. The molecule has 0 aromatic heterocycles. The van der Waals surface area contributed by atoms with Gasteiger partial charge in [-0.2, -0.15) is 9.98 Å². The summed E-state index contributed by atoms with van der Waals surface area (Å²) in [6, 6.07) is 0. The highest BCUT2D eigenvalue weighted by Crippen LogP contribution is 2.10. The van der Waals surface area contributed by atoms with Crippen LogP contribution in [0.5, 0.6) is 0 Å². The molecule has 0 N–H and O–H groups in total. The number of rotatable bonds is 6. The molecule has 0 spiro atoms. The molecule has 0 saturated carbocycles. The van der Waals surface area contributed by atoms with E-state index in [9.17, 15) is 9.59 Å². The van der Waals surface area contributed by atoms with Gasteiger partial charge in [-0.05, 0) is 0 Å². The number of carbonyl (C=O) groups excluding carboxylic acids is 2. The number of isocyanates is 2. The van der Waals surface area contributed by atoms with E-state index in [-0.39, 0.29) is 7.43 Å². The number of hydrogen-bond acceptors (Lipinski definition) is 6. The second kappa shape index (κ2) is 13.1. The molecular weight excluding hydrogens is 196 g/mol. The SMILES string of the molecule is C.O=C=NCSCSCN=C=O. The molecule has 0 aromatic carbocycles. The molecule has 6 heteroatoms. The van der Waals surface area contributed by atoms with Gasteiger partial charge < -0.3 is 0 Å². The Morgan fingerprint density at radius 3 is 1.75 bits per heavy atom. The van der Waals surface area contributed by atoms with Gasteiger partial charge in [0.25, 0.3) is 0 Å². The molecule has 0 saturated heterocycles. The highest BCUT2D eigenvalue weighted by Gasteiger charge is 1.85. The van der Waals surface area contributed by atoms with Gasteiger partial charge >= 0.3 is 0 Å². The van der Waals surface area contributed by atoms with Crippen LogP contribution < -0.4 is 0 Å². The Balaban J connectivity index is 0. The van der Waals surface area contributed by atoms with Gasteiger partial charge in [0.2, 0.25) is 12.2 Å². The van der Waals surface area contributed by atoms with E-state index in [1.54, 1.807) is 0 Å². The van der Waals surface area contributed by atoms with Gasteiger partial charge in [0, 0.05) is 5.08 Å². The molecule has 0 bridgehead atoms. The van der Waals surface area contributed by atoms with E-state index in [0.717, 1.165) is 5.08 Å². The molecule has 0 heterocycles. The molecule has 0 atom stereocenters. The van der Waals surface area contributed by atoms with Crippen molar-refractivity contribution in [3.05, 3.63) is 0 Å². The lowest BCUT2D eigenvalue weighted by Gasteiger charge is -1.91. The summed E-state index contributed by atoms with van der Waals surface area (Å²) in [5, 5.41) is 0.760. The molecule has 0 fully saturated rings. The van der Waals surface area contributed by atoms with Gasteiger partial charge in [-0.3, -0.25) is 0 Å². The second-order valence-electron chi connectivity index (χ2n) is 1.28. The Bertz CT molecular complexity index is 166. The first kappa shape index (κ1) is 14.0. The summed E-state index contributed by atoms with van der Waals surface area (Å²) in [6.07, 6.45) is 2.86. The fourth-order valence-corrected chi connectivity index (χ4v) is 1.63. The largest absolute Gasteiger partial charge is 0.235 e. The molecule has 0 radical (unpaired) electrons. The zero-order chi connectivity index (χ0) is 8.36. The Morgan fingerprint density at radius 1 is 1.00 bits per heavy atom. The van der Waals surface area contributed by atoms with Crippen molar-refractivity contribution in [1.29, 1.82) is 0 Å². The van der Waals surface area contributed by atoms with Crippen LogP contribution >= 0.6 is 23.5 Å². The third-order valence-electron chi connectivity index (χ3n) is 0.607. The van der Waals surface area contributed by atoms with Crippen LogP contribution in [0.15, 0.2) is 9.98 Å². The lowest BCUT2D eigenvalue weighted by atomic mass is 11.4. The van der Waals surface area contributed by atoms with Crippen LogP contribution in [0.1, 0.15) is 7.43 Å². The fraction of sp³-hybridized carbons (Fsp3) is 0.667. The van der Waals surface area contributed by atoms with Crippen LogP contribution in [0.25, 0.3) is 0 Å². The Labute approximate surface area is 79.9 Å². The quantitative estimate of drug-likeness (QED) is 0.287. The number of hydrogen-bond donors (Lipinski definition) is 0. The highest BCUT2D eigenvalue weighted by atomic mass is 32.2. The van der Waals surface area contributed by atoms with Gasteiger partial charge in [0.1, 0.15) is 0 Å². The fourth-order valence-electron chi connectivity index (χ4n) is 0.277. The smallest absolute Gasteiger partial charge is 0.211 e. The van der Waals surface area contributed by atoms with Gasteiger partial charge in [0.15, 0.2) is 0 Å². The molecule has 0 aliphatic heterocycles. The molecule has 0 aliphatic rings. The summed E-state index contributed by atoms with van der Waals surface area (Å²) < 4.78 is 0. The molecular formula is C6H10N2O2S2. The third kappa shape index (κ3) is 12.2. The predicted octanol–water partition coefficient (Wildman–Crippen LogP) is 1.63. The lowest BCUT2D eigenvalue weighted by Crippen LogP contribution is -1.76. The van der Waals surface area contributed by atoms with E-state index in [4.69, 9.17) is 0 Å². The first-order chi connectivity index (χ1) is 5.41. The van der Waals surface area contributed by atoms with Crippen molar-refractivity contribution in [2.45, 2.75) is 7.43 Å². The molecule has 0 amide bonds. The maximum Gasteiger partial charge on any atom is 0.235 e. The summed E-state index contributed by atoms with van der Waals surface area (Å²) in [5.74, 6) is 0.836. The van der Waals surface area contributed by atoms with Gasteiger partial charge in [-0.15, -0.1) is 23.5 Å². The van der Waals surface area contributed by atoms with Gasteiger partial charge in [-0.25, -0.2) is 9.59 Å².